The molecule has 0 spiro atoms. The predicted molar refractivity (Wildman–Crippen MR) is 56.8 cm³/mol. The van der Waals surface area contributed by atoms with Gasteiger partial charge in [0, 0.05) is 24.3 Å². The van der Waals surface area contributed by atoms with Crippen LogP contribution in [0.15, 0.2) is 0 Å². The van der Waals surface area contributed by atoms with Crippen LogP contribution >= 0.6 is 11.8 Å². The molecular formula is C9H18N2OS. The largest absolute Gasteiger partial charge is 0.352 e. The van der Waals surface area contributed by atoms with E-state index in [9.17, 15) is 4.79 Å². The molecule has 0 aromatic heterocycles. The van der Waals surface area contributed by atoms with Gasteiger partial charge in [0.1, 0.15) is 0 Å². The van der Waals surface area contributed by atoms with Gasteiger partial charge in [-0.25, -0.2) is 0 Å². The Balaban J connectivity index is 2.16. The number of carbonyl (C=O) groups is 1. The Hall–Kier alpha value is -0.220. The Morgan fingerprint density at radius 3 is 3.08 bits per heavy atom. The maximum Gasteiger partial charge on any atom is 0.221 e. The fourth-order valence-electron chi connectivity index (χ4n) is 1.32. The van der Waals surface area contributed by atoms with Gasteiger partial charge in [0.05, 0.1) is 0 Å². The minimum atomic E-state index is 0.0223. The molecular weight excluding hydrogens is 184 g/mol. The van der Waals surface area contributed by atoms with Crippen LogP contribution in [-0.4, -0.2) is 29.5 Å². The third-order valence-corrected chi connectivity index (χ3v) is 3.43. The second-order valence-electron chi connectivity index (χ2n) is 3.50. The van der Waals surface area contributed by atoms with Gasteiger partial charge >= 0.3 is 0 Å². The van der Waals surface area contributed by atoms with Gasteiger partial charge in [-0.1, -0.05) is 6.92 Å². The lowest BCUT2D eigenvalue weighted by molar-refractivity contribution is -0.122. The van der Waals surface area contributed by atoms with Crippen molar-refractivity contribution in [2.75, 3.05) is 11.5 Å². The van der Waals surface area contributed by atoms with Gasteiger partial charge in [-0.3, -0.25) is 4.79 Å². The summed E-state index contributed by atoms with van der Waals surface area (Å²) in [5.74, 6) is 2.35. The Labute approximate surface area is 83.8 Å². The first-order valence-corrected chi connectivity index (χ1v) is 6.00. The molecule has 13 heavy (non-hydrogen) atoms. The third kappa shape index (κ3) is 4.00. The summed E-state index contributed by atoms with van der Waals surface area (Å²) in [5.41, 5.74) is 5.68. The van der Waals surface area contributed by atoms with Crippen LogP contribution in [0.4, 0.5) is 0 Å². The molecule has 1 aliphatic rings. The smallest absolute Gasteiger partial charge is 0.221 e. The van der Waals surface area contributed by atoms with Gasteiger partial charge in [-0.05, 0) is 18.6 Å². The molecule has 2 atom stereocenters. The van der Waals surface area contributed by atoms with E-state index in [1.165, 1.54) is 5.75 Å². The van der Waals surface area contributed by atoms with Crippen molar-refractivity contribution in [3.05, 3.63) is 0 Å². The van der Waals surface area contributed by atoms with Crippen molar-refractivity contribution in [3.8, 4) is 0 Å². The molecule has 0 aromatic carbocycles. The summed E-state index contributed by atoms with van der Waals surface area (Å²) in [6, 6.07) is 0.413. The highest BCUT2D eigenvalue weighted by Gasteiger charge is 2.18. The zero-order chi connectivity index (χ0) is 9.68. The molecule has 0 radical (unpaired) electrons. The van der Waals surface area contributed by atoms with E-state index in [-0.39, 0.29) is 11.9 Å². The van der Waals surface area contributed by atoms with E-state index in [1.54, 1.807) is 0 Å². The van der Waals surface area contributed by atoms with Crippen LogP contribution in [0.1, 0.15) is 26.2 Å². The van der Waals surface area contributed by atoms with Gasteiger partial charge in [-0.15, -0.1) is 0 Å². The number of thioether (sulfide) groups is 1. The van der Waals surface area contributed by atoms with Crippen LogP contribution < -0.4 is 11.1 Å². The first-order valence-electron chi connectivity index (χ1n) is 4.85. The molecule has 3 N–H and O–H groups in total. The van der Waals surface area contributed by atoms with Crippen molar-refractivity contribution in [2.24, 2.45) is 5.73 Å². The van der Waals surface area contributed by atoms with Crippen molar-refractivity contribution < 1.29 is 4.79 Å². The fourth-order valence-corrected chi connectivity index (χ4v) is 2.47. The standard InChI is InChI=1S/C9H18N2OS/c1-2-7(10)5-9(12)11-8-3-4-13-6-8/h7-8H,2-6,10H2,1H3,(H,11,12). The SMILES string of the molecule is CCC(N)CC(=O)NC1CCSC1. The van der Waals surface area contributed by atoms with Crippen LogP contribution in [0.2, 0.25) is 0 Å². The molecule has 1 rings (SSSR count). The van der Waals surface area contributed by atoms with Crippen LogP contribution in [0.3, 0.4) is 0 Å². The van der Waals surface area contributed by atoms with E-state index >= 15 is 0 Å². The molecule has 1 fully saturated rings. The Kier molecular flexibility index (Phi) is 4.59. The number of hydrogen-bond donors (Lipinski definition) is 2. The van der Waals surface area contributed by atoms with Crippen LogP contribution in [0, 0.1) is 0 Å². The first-order chi connectivity index (χ1) is 6.22. The highest BCUT2D eigenvalue weighted by Crippen LogP contribution is 2.17. The summed E-state index contributed by atoms with van der Waals surface area (Å²) in [7, 11) is 0. The quantitative estimate of drug-likeness (QED) is 0.707. The van der Waals surface area contributed by atoms with Gasteiger partial charge in [-0.2, -0.15) is 11.8 Å². The molecule has 4 heteroatoms. The van der Waals surface area contributed by atoms with Crippen molar-refractivity contribution in [2.45, 2.75) is 38.3 Å². The number of hydrogen-bond acceptors (Lipinski definition) is 3. The van der Waals surface area contributed by atoms with Crippen LogP contribution in [0.5, 0.6) is 0 Å². The highest BCUT2D eigenvalue weighted by atomic mass is 32.2. The number of rotatable bonds is 4. The van der Waals surface area contributed by atoms with E-state index < -0.39 is 0 Å². The summed E-state index contributed by atoms with van der Waals surface area (Å²) in [4.78, 5) is 11.4. The minimum absolute atomic E-state index is 0.0223. The number of carbonyl (C=O) groups excluding carboxylic acids is 1. The number of nitrogens with one attached hydrogen (secondary N) is 1. The monoisotopic (exact) mass is 202 g/mol. The van der Waals surface area contributed by atoms with Gasteiger partial charge in [0.25, 0.3) is 0 Å². The number of nitrogens with two attached hydrogens (primary N) is 1. The first kappa shape index (κ1) is 10.9. The Morgan fingerprint density at radius 2 is 2.54 bits per heavy atom. The molecule has 1 saturated heterocycles. The summed E-state index contributed by atoms with van der Waals surface area (Å²) < 4.78 is 0. The fraction of sp³-hybridized carbons (Fsp3) is 0.889. The van der Waals surface area contributed by atoms with Gasteiger partial charge in [0.2, 0.25) is 5.91 Å². The average Bonchev–Trinajstić information content (AvgIpc) is 2.56. The van der Waals surface area contributed by atoms with E-state index in [0.29, 0.717) is 12.5 Å². The van der Waals surface area contributed by atoms with Crippen molar-refractivity contribution in [1.82, 2.24) is 5.32 Å². The molecule has 0 aliphatic carbocycles. The second kappa shape index (κ2) is 5.50. The van der Waals surface area contributed by atoms with E-state index in [1.807, 2.05) is 18.7 Å². The topological polar surface area (TPSA) is 55.1 Å². The number of amides is 1. The van der Waals surface area contributed by atoms with Gasteiger partial charge < -0.3 is 11.1 Å². The van der Waals surface area contributed by atoms with Crippen molar-refractivity contribution in [1.29, 1.82) is 0 Å². The van der Waals surface area contributed by atoms with E-state index in [2.05, 4.69) is 5.32 Å². The predicted octanol–water partition coefficient (Wildman–Crippen LogP) is 0.735. The van der Waals surface area contributed by atoms with Crippen LogP contribution in [-0.2, 0) is 4.79 Å². The molecule has 0 saturated carbocycles. The third-order valence-electron chi connectivity index (χ3n) is 2.27. The molecule has 2 unspecified atom stereocenters. The van der Waals surface area contributed by atoms with Gasteiger partial charge in [0.15, 0.2) is 0 Å². The zero-order valence-corrected chi connectivity index (χ0v) is 8.90. The molecule has 1 aliphatic heterocycles. The lowest BCUT2D eigenvalue weighted by Gasteiger charge is -2.13. The summed E-state index contributed by atoms with van der Waals surface area (Å²) >= 11 is 1.90. The molecule has 1 amide bonds. The summed E-state index contributed by atoms with van der Waals surface area (Å²) in [6.45, 7) is 2.00. The van der Waals surface area contributed by atoms with Crippen LogP contribution in [0.25, 0.3) is 0 Å². The zero-order valence-electron chi connectivity index (χ0n) is 8.08. The Morgan fingerprint density at radius 1 is 1.77 bits per heavy atom. The molecule has 3 nitrogen and oxygen atoms in total. The maximum atomic E-state index is 11.4. The minimum Gasteiger partial charge on any atom is -0.352 e. The van der Waals surface area contributed by atoms with E-state index in [4.69, 9.17) is 5.73 Å². The summed E-state index contributed by atoms with van der Waals surface area (Å²) in [5, 5.41) is 3.00. The molecule has 76 valence electrons. The van der Waals surface area contributed by atoms with Crippen molar-refractivity contribution in [3.63, 3.8) is 0 Å². The average molecular weight is 202 g/mol. The lowest BCUT2D eigenvalue weighted by Crippen LogP contribution is -2.38. The summed E-state index contributed by atoms with van der Waals surface area (Å²) in [6.07, 6.45) is 2.45. The molecule has 0 bridgehead atoms. The lowest BCUT2D eigenvalue weighted by atomic mass is 10.1. The maximum absolute atomic E-state index is 11.4. The van der Waals surface area contributed by atoms with E-state index in [0.717, 1.165) is 18.6 Å². The molecule has 1 heterocycles. The van der Waals surface area contributed by atoms with Crippen molar-refractivity contribution >= 4 is 17.7 Å². The highest BCUT2D eigenvalue weighted by molar-refractivity contribution is 7.99. The molecule has 0 aromatic rings. The second-order valence-corrected chi connectivity index (χ2v) is 4.65. The normalized spacial score (nSPS) is 24.3. The Bertz CT molecular complexity index is 169.